The highest BCUT2D eigenvalue weighted by molar-refractivity contribution is 7.89. The molecule has 2 rings (SSSR count). The summed E-state index contributed by atoms with van der Waals surface area (Å²) in [5.74, 6) is 0.173. The van der Waals surface area contributed by atoms with Crippen LogP contribution in [0.3, 0.4) is 0 Å². The number of hydrogen-bond donors (Lipinski definition) is 1. The molecule has 0 amide bonds. The van der Waals surface area contributed by atoms with E-state index in [0.717, 1.165) is 18.4 Å². The van der Waals surface area contributed by atoms with E-state index < -0.39 is 10.0 Å². The van der Waals surface area contributed by atoms with Crippen molar-refractivity contribution in [3.63, 3.8) is 0 Å². The Morgan fingerprint density at radius 1 is 1.19 bits per heavy atom. The molecule has 1 saturated heterocycles. The van der Waals surface area contributed by atoms with E-state index in [1.54, 1.807) is 17.3 Å². The highest BCUT2D eigenvalue weighted by Gasteiger charge is 2.26. The number of sulfonamides is 1. The van der Waals surface area contributed by atoms with Crippen LogP contribution in [0.15, 0.2) is 18.2 Å². The first-order valence-corrected chi connectivity index (χ1v) is 9.43. The van der Waals surface area contributed by atoms with Gasteiger partial charge in [0.1, 0.15) is 0 Å². The smallest absolute Gasteiger partial charge is 0.213 e. The number of rotatable bonds is 5. The van der Waals surface area contributed by atoms with Crippen molar-refractivity contribution in [3.8, 4) is 0 Å². The van der Waals surface area contributed by atoms with Gasteiger partial charge in [0.25, 0.3) is 0 Å². The summed E-state index contributed by atoms with van der Waals surface area (Å²) < 4.78 is 25.2. The van der Waals surface area contributed by atoms with E-state index in [1.165, 1.54) is 0 Å². The van der Waals surface area contributed by atoms with E-state index in [2.05, 4.69) is 5.32 Å². The zero-order chi connectivity index (χ0) is 15.5. The molecule has 0 aliphatic carbocycles. The molecule has 1 N–H and O–H groups in total. The molecular formula is C14H20Cl2N2O2S. The molecule has 1 fully saturated rings. The predicted molar refractivity (Wildman–Crippen MR) is 87.4 cm³/mol. The molecule has 1 aromatic rings. The van der Waals surface area contributed by atoms with E-state index in [0.29, 0.717) is 35.7 Å². The number of hydrogen-bond acceptors (Lipinski definition) is 3. The van der Waals surface area contributed by atoms with Crippen LogP contribution in [0.5, 0.6) is 0 Å². The van der Waals surface area contributed by atoms with Crippen molar-refractivity contribution in [2.45, 2.75) is 32.4 Å². The van der Waals surface area contributed by atoms with Crippen LogP contribution in [0, 0.1) is 0 Å². The second-order valence-electron chi connectivity index (χ2n) is 5.23. The minimum absolute atomic E-state index is 0.173. The summed E-state index contributed by atoms with van der Waals surface area (Å²) in [5.41, 5.74) is 1.04. The molecular weight excluding hydrogens is 331 g/mol. The van der Waals surface area contributed by atoms with E-state index in [1.807, 2.05) is 12.1 Å². The minimum atomic E-state index is -3.05. The Morgan fingerprint density at radius 3 is 2.29 bits per heavy atom. The summed E-state index contributed by atoms with van der Waals surface area (Å²) in [6.45, 7) is 3.54. The van der Waals surface area contributed by atoms with Crippen molar-refractivity contribution < 1.29 is 8.42 Å². The van der Waals surface area contributed by atoms with E-state index in [-0.39, 0.29) is 5.75 Å². The van der Waals surface area contributed by atoms with Gasteiger partial charge >= 0.3 is 0 Å². The number of halogens is 2. The average molecular weight is 351 g/mol. The van der Waals surface area contributed by atoms with Gasteiger partial charge in [0.05, 0.1) is 5.75 Å². The van der Waals surface area contributed by atoms with E-state index >= 15 is 0 Å². The van der Waals surface area contributed by atoms with Crippen molar-refractivity contribution in [2.24, 2.45) is 0 Å². The van der Waals surface area contributed by atoms with Gasteiger partial charge in [-0.2, -0.15) is 0 Å². The van der Waals surface area contributed by atoms with Gasteiger partial charge in [0.15, 0.2) is 0 Å². The van der Waals surface area contributed by atoms with Gasteiger partial charge in [0.2, 0.25) is 10.0 Å². The van der Waals surface area contributed by atoms with Gasteiger partial charge in [-0.25, -0.2) is 12.7 Å². The van der Waals surface area contributed by atoms with Crippen LogP contribution in [0.25, 0.3) is 0 Å². The Balaban J connectivity index is 1.84. The summed E-state index contributed by atoms with van der Waals surface area (Å²) in [4.78, 5) is 0. The molecule has 118 valence electrons. The summed E-state index contributed by atoms with van der Waals surface area (Å²) in [6.07, 6.45) is 1.65. The molecule has 1 aliphatic heterocycles. The van der Waals surface area contributed by atoms with Crippen molar-refractivity contribution in [1.29, 1.82) is 0 Å². The first-order chi connectivity index (χ1) is 9.90. The zero-order valence-corrected chi connectivity index (χ0v) is 14.3. The lowest BCUT2D eigenvalue weighted by molar-refractivity contribution is 0.289. The largest absolute Gasteiger partial charge is 0.310 e. The van der Waals surface area contributed by atoms with Gasteiger partial charge in [-0.3, -0.25) is 0 Å². The first kappa shape index (κ1) is 17.0. The number of piperidine rings is 1. The SMILES string of the molecule is CCS(=O)(=O)N1CCC(NCc2cc(Cl)cc(Cl)c2)CC1. The normalized spacial score (nSPS) is 18.0. The van der Waals surface area contributed by atoms with Gasteiger partial charge in [0, 0.05) is 35.7 Å². The van der Waals surface area contributed by atoms with Crippen LogP contribution in [0.4, 0.5) is 0 Å². The van der Waals surface area contributed by atoms with E-state index in [9.17, 15) is 8.42 Å². The third-order valence-corrected chi connectivity index (χ3v) is 6.05. The Bertz CT molecular complexity index is 564. The lowest BCUT2D eigenvalue weighted by Crippen LogP contribution is -2.45. The van der Waals surface area contributed by atoms with Crippen LogP contribution < -0.4 is 5.32 Å². The van der Waals surface area contributed by atoms with Crippen LogP contribution in [-0.4, -0.2) is 37.6 Å². The summed E-state index contributed by atoms with van der Waals surface area (Å²) in [5, 5.41) is 4.70. The van der Waals surface area contributed by atoms with Gasteiger partial charge in [-0.1, -0.05) is 23.2 Å². The summed E-state index contributed by atoms with van der Waals surface area (Å²) in [7, 11) is -3.05. The third-order valence-electron chi connectivity index (χ3n) is 3.73. The Labute approximate surface area is 136 Å². The van der Waals surface area contributed by atoms with Crippen LogP contribution in [0.2, 0.25) is 10.0 Å². The molecule has 1 heterocycles. The highest BCUT2D eigenvalue weighted by Crippen LogP contribution is 2.20. The molecule has 1 aliphatic rings. The molecule has 1 aromatic carbocycles. The molecule has 4 nitrogen and oxygen atoms in total. The van der Waals surface area contributed by atoms with Crippen LogP contribution in [-0.2, 0) is 16.6 Å². The monoisotopic (exact) mass is 350 g/mol. The van der Waals surface area contributed by atoms with E-state index in [4.69, 9.17) is 23.2 Å². The van der Waals surface area contributed by atoms with Crippen molar-refractivity contribution in [3.05, 3.63) is 33.8 Å². The number of nitrogens with zero attached hydrogens (tertiary/aromatic N) is 1. The quantitative estimate of drug-likeness (QED) is 0.888. The standard InChI is InChI=1S/C14H20Cl2N2O2S/c1-2-21(19,20)18-5-3-14(4-6-18)17-10-11-7-12(15)9-13(16)8-11/h7-9,14,17H,2-6,10H2,1H3. The molecule has 0 radical (unpaired) electrons. The molecule has 0 atom stereocenters. The van der Waals surface area contributed by atoms with Gasteiger partial charge < -0.3 is 5.32 Å². The predicted octanol–water partition coefficient (Wildman–Crippen LogP) is 2.90. The topological polar surface area (TPSA) is 49.4 Å². The second kappa shape index (κ2) is 7.29. The number of nitrogens with one attached hydrogen (secondary N) is 1. The summed E-state index contributed by atoms with van der Waals surface area (Å²) in [6, 6.07) is 5.81. The van der Waals surface area contributed by atoms with Gasteiger partial charge in [-0.05, 0) is 43.5 Å². The zero-order valence-electron chi connectivity index (χ0n) is 12.0. The highest BCUT2D eigenvalue weighted by atomic mass is 35.5. The maximum Gasteiger partial charge on any atom is 0.213 e. The van der Waals surface area contributed by atoms with Crippen molar-refractivity contribution >= 4 is 33.2 Å². The molecule has 0 unspecified atom stereocenters. The number of benzene rings is 1. The Hall–Kier alpha value is -0.330. The third kappa shape index (κ3) is 4.83. The Kier molecular flexibility index (Phi) is 5.91. The fourth-order valence-corrected chi connectivity index (χ4v) is 4.20. The maximum atomic E-state index is 11.8. The summed E-state index contributed by atoms with van der Waals surface area (Å²) >= 11 is 11.9. The average Bonchev–Trinajstić information content (AvgIpc) is 2.44. The maximum absolute atomic E-state index is 11.8. The van der Waals surface area contributed by atoms with Crippen LogP contribution in [0.1, 0.15) is 25.3 Å². The van der Waals surface area contributed by atoms with Gasteiger partial charge in [-0.15, -0.1) is 0 Å². The second-order valence-corrected chi connectivity index (χ2v) is 8.36. The molecule has 7 heteroatoms. The Morgan fingerprint density at radius 2 is 1.76 bits per heavy atom. The molecule has 0 bridgehead atoms. The van der Waals surface area contributed by atoms with Crippen molar-refractivity contribution in [1.82, 2.24) is 9.62 Å². The molecule has 21 heavy (non-hydrogen) atoms. The minimum Gasteiger partial charge on any atom is -0.310 e. The van der Waals surface area contributed by atoms with Crippen LogP contribution >= 0.6 is 23.2 Å². The van der Waals surface area contributed by atoms with Crippen molar-refractivity contribution in [2.75, 3.05) is 18.8 Å². The lowest BCUT2D eigenvalue weighted by Gasteiger charge is -2.31. The fourth-order valence-electron chi connectivity index (χ4n) is 2.50. The first-order valence-electron chi connectivity index (χ1n) is 7.07. The molecule has 0 saturated carbocycles. The molecule has 0 spiro atoms. The fraction of sp³-hybridized carbons (Fsp3) is 0.571. The molecule has 0 aromatic heterocycles. The lowest BCUT2D eigenvalue weighted by atomic mass is 10.1.